The summed E-state index contributed by atoms with van der Waals surface area (Å²) in [7, 11) is 4.25. The standard InChI is InChI=1S/4CH4O.Zr/c4*1-2;/h4*2H,1H3;/p+1. The predicted molar refractivity (Wildman–Crippen MR) is 34.0 cm³/mol. The van der Waals surface area contributed by atoms with Gasteiger partial charge in [-0.2, -0.15) is 0 Å². The van der Waals surface area contributed by atoms with Crippen LogP contribution in [0.1, 0.15) is 0 Å². The summed E-state index contributed by atoms with van der Waals surface area (Å²) in [6.45, 7) is 0. The van der Waals surface area contributed by atoms with Gasteiger partial charge < -0.3 is 20.4 Å². The smallest absolute Gasteiger partial charge is 0.133 e. The van der Waals surface area contributed by atoms with Crippen molar-refractivity contribution in [2.24, 2.45) is 0 Å². The van der Waals surface area contributed by atoms with E-state index >= 15 is 0 Å². The molecule has 0 unspecified atom stereocenters. The van der Waals surface area contributed by atoms with Crippen molar-refractivity contribution in [3.63, 3.8) is 0 Å². The monoisotopic (exact) mass is 219 g/mol. The van der Waals surface area contributed by atoms with Gasteiger partial charge in [-0.3, -0.25) is 0 Å². The van der Waals surface area contributed by atoms with Crippen LogP contribution in [0.2, 0.25) is 0 Å². The fraction of sp³-hybridized carbons (Fsp3) is 1.00. The van der Waals surface area contributed by atoms with E-state index in [1.165, 1.54) is 7.11 Å². The van der Waals surface area contributed by atoms with Crippen LogP contribution in [0.3, 0.4) is 0 Å². The van der Waals surface area contributed by atoms with E-state index in [9.17, 15) is 0 Å². The Morgan fingerprint density at radius 3 is 0.667 bits per heavy atom. The van der Waals surface area contributed by atoms with Gasteiger partial charge in [-0.15, -0.1) is 0 Å². The minimum Gasteiger partial charge on any atom is -0.448 e. The van der Waals surface area contributed by atoms with Gasteiger partial charge in [-0.25, -0.2) is 0 Å². The summed E-state index contributed by atoms with van der Waals surface area (Å²) in [6.07, 6.45) is 0. The van der Waals surface area contributed by atoms with Crippen LogP contribution in [-0.2, 0) is 26.2 Å². The molecule has 0 aliphatic carbocycles. The first-order chi connectivity index (χ1) is 4.00. The van der Waals surface area contributed by atoms with Crippen molar-refractivity contribution in [1.29, 1.82) is 0 Å². The van der Waals surface area contributed by atoms with Crippen LogP contribution in [0, 0.1) is 0 Å². The van der Waals surface area contributed by atoms with Crippen LogP contribution < -0.4 is 0 Å². The molecule has 0 saturated carbocycles. The fourth-order valence-electron chi connectivity index (χ4n) is 0. The minimum atomic E-state index is 0. The summed E-state index contributed by atoms with van der Waals surface area (Å²) in [5.41, 5.74) is 0. The number of aliphatic hydroxyl groups excluding tert-OH is 3. The largest absolute Gasteiger partial charge is 0.448 e. The molecule has 0 aliphatic heterocycles. The van der Waals surface area contributed by atoms with Crippen molar-refractivity contribution in [2.75, 3.05) is 28.4 Å². The topological polar surface area (TPSA) is 83.6 Å². The van der Waals surface area contributed by atoms with Gasteiger partial charge in [0.15, 0.2) is 0 Å². The molecular formula is C4H17O4Zr+. The SMILES string of the molecule is CO.CO.CO.C[OH2+].[Zr]. The zero-order valence-electron chi connectivity index (χ0n) is 6.34. The van der Waals surface area contributed by atoms with E-state index in [4.69, 9.17) is 20.4 Å². The summed E-state index contributed by atoms with van der Waals surface area (Å²) in [5.74, 6) is 0. The molecule has 5 heteroatoms. The van der Waals surface area contributed by atoms with Gasteiger partial charge >= 0.3 is 0 Å². The van der Waals surface area contributed by atoms with Crippen LogP contribution in [0.15, 0.2) is 0 Å². The zero-order chi connectivity index (χ0) is 8.00. The van der Waals surface area contributed by atoms with Crippen molar-refractivity contribution in [3.8, 4) is 0 Å². The van der Waals surface area contributed by atoms with Gasteiger partial charge in [-0.1, -0.05) is 0 Å². The Morgan fingerprint density at radius 2 is 0.667 bits per heavy atom. The molecule has 0 radical (unpaired) electrons. The van der Waals surface area contributed by atoms with Gasteiger partial charge in [-0.05, 0) is 0 Å². The molecule has 4 nitrogen and oxygen atoms in total. The average Bonchev–Trinajstić information content (AvgIpc) is 2.03. The first-order valence-electron chi connectivity index (χ1n) is 1.84. The third kappa shape index (κ3) is 754. The molecule has 0 spiro atoms. The summed E-state index contributed by atoms with van der Waals surface area (Å²) in [4.78, 5) is 0. The van der Waals surface area contributed by atoms with Gasteiger partial charge in [0, 0.05) is 47.5 Å². The van der Waals surface area contributed by atoms with Crippen molar-refractivity contribution in [1.82, 2.24) is 0 Å². The summed E-state index contributed by atoms with van der Waals surface area (Å²) in [6, 6.07) is 0. The second kappa shape index (κ2) is 995. The first kappa shape index (κ1) is 33.2. The molecular weight excluding hydrogens is 203 g/mol. The van der Waals surface area contributed by atoms with Crippen molar-refractivity contribution in [3.05, 3.63) is 0 Å². The van der Waals surface area contributed by atoms with Gasteiger partial charge in [0.25, 0.3) is 0 Å². The predicted octanol–water partition coefficient (Wildman–Crippen LogP) is -1.84. The Labute approximate surface area is 75.3 Å². The van der Waals surface area contributed by atoms with E-state index in [-0.39, 0.29) is 26.2 Å². The fourth-order valence-corrected chi connectivity index (χ4v) is 0. The van der Waals surface area contributed by atoms with Crippen LogP contribution in [0.5, 0.6) is 0 Å². The Hall–Kier alpha value is 0.723. The molecule has 0 bridgehead atoms. The third-order valence-electron chi connectivity index (χ3n) is 0. The van der Waals surface area contributed by atoms with E-state index < -0.39 is 0 Å². The quantitative estimate of drug-likeness (QED) is 0.420. The van der Waals surface area contributed by atoms with Crippen molar-refractivity contribution < 1.29 is 46.6 Å². The van der Waals surface area contributed by atoms with E-state index in [0.29, 0.717) is 0 Å². The molecule has 0 saturated heterocycles. The van der Waals surface area contributed by atoms with E-state index in [1.54, 1.807) is 0 Å². The maximum atomic E-state index is 7.00. The van der Waals surface area contributed by atoms with Crippen LogP contribution >= 0.6 is 0 Å². The number of hydrogen-bond donors (Lipinski definition) is 3. The number of rotatable bonds is 0. The van der Waals surface area contributed by atoms with E-state index in [1.807, 2.05) is 0 Å². The second-order valence-corrected chi connectivity index (χ2v) is 0. The Bertz CT molecular complexity index is 12.5. The normalized spacial score (nSPS) is 2.67. The van der Waals surface area contributed by atoms with Crippen LogP contribution in [-0.4, -0.2) is 48.9 Å². The summed E-state index contributed by atoms with van der Waals surface area (Å²) < 4.78 is 0. The average molecular weight is 220 g/mol. The van der Waals surface area contributed by atoms with Crippen LogP contribution in [0.25, 0.3) is 0 Å². The number of hydrogen-bond acceptors (Lipinski definition) is 3. The summed E-state index contributed by atoms with van der Waals surface area (Å²) in [5, 5.41) is 26.8. The minimum absolute atomic E-state index is 0. The first-order valence-corrected chi connectivity index (χ1v) is 1.84. The van der Waals surface area contributed by atoms with E-state index in [0.717, 1.165) is 21.3 Å². The molecule has 0 amide bonds. The zero-order valence-corrected chi connectivity index (χ0v) is 8.80. The molecule has 0 atom stereocenters. The Kier molecular flexibility index (Phi) is 3670. The van der Waals surface area contributed by atoms with E-state index in [2.05, 4.69) is 0 Å². The molecule has 9 heavy (non-hydrogen) atoms. The van der Waals surface area contributed by atoms with Crippen LogP contribution in [0.4, 0.5) is 0 Å². The molecule has 5 N–H and O–H groups in total. The van der Waals surface area contributed by atoms with Gasteiger partial charge in [0.1, 0.15) is 7.11 Å². The van der Waals surface area contributed by atoms with Gasteiger partial charge in [0.2, 0.25) is 0 Å². The maximum Gasteiger partial charge on any atom is 0.133 e. The van der Waals surface area contributed by atoms with Gasteiger partial charge in [0.05, 0.1) is 0 Å². The molecule has 0 aromatic heterocycles. The Balaban J connectivity index is -0.00000000762. The summed E-state index contributed by atoms with van der Waals surface area (Å²) >= 11 is 0. The number of aliphatic hydroxyl groups is 3. The van der Waals surface area contributed by atoms with Crippen molar-refractivity contribution in [2.45, 2.75) is 0 Å². The van der Waals surface area contributed by atoms with Crippen molar-refractivity contribution >= 4 is 0 Å². The molecule has 0 fully saturated rings. The molecule has 0 heterocycles. The molecule has 0 aromatic carbocycles. The Morgan fingerprint density at radius 1 is 0.667 bits per heavy atom. The molecule has 0 aromatic rings. The molecule has 0 rings (SSSR count). The molecule has 60 valence electrons. The molecule has 0 aliphatic rings. The maximum absolute atomic E-state index is 7.00. The second-order valence-electron chi connectivity index (χ2n) is 0. The third-order valence-corrected chi connectivity index (χ3v) is 0.